The Morgan fingerprint density at radius 3 is 1.82 bits per heavy atom. The molecule has 0 aliphatic carbocycles. The lowest BCUT2D eigenvalue weighted by atomic mass is 10.1. The van der Waals surface area contributed by atoms with Crippen LogP contribution in [0.5, 0.6) is 0 Å². The summed E-state index contributed by atoms with van der Waals surface area (Å²) in [5, 5.41) is 2.13. The van der Waals surface area contributed by atoms with Crippen LogP contribution in [0.2, 0.25) is 0 Å². The van der Waals surface area contributed by atoms with Crippen LogP contribution in [-0.2, 0) is 0 Å². The van der Waals surface area contributed by atoms with Gasteiger partial charge in [0, 0.05) is 16.8 Å². The number of rotatable bonds is 4. The van der Waals surface area contributed by atoms with Gasteiger partial charge in [0.05, 0.1) is 11.4 Å². The SMILES string of the molecule is O=C(Nc1cccc(-c2cccc(-c3ccc(F)cc3)n2)c1)c1c(F)c(F)c(F)c(F)c1F. The van der Waals surface area contributed by atoms with Crippen LogP contribution < -0.4 is 5.32 Å². The summed E-state index contributed by atoms with van der Waals surface area (Å²) in [7, 11) is 0. The van der Waals surface area contributed by atoms with E-state index in [4.69, 9.17) is 0 Å². The minimum Gasteiger partial charge on any atom is -0.322 e. The van der Waals surface area contributed by atoms with E-state index in [1.165, 1.54) is 30.3 Å². The summed E-state index contributed by atoms with van der Waals surface area (Å²) in [6.07, 6.45) is 0. The largest absolute Gasteiger partial charge is 0.322 e. The number of aromatic nitrogens is 1. The highest BCUT2D eigenvalue weighted by atomic mass is 19.2. The van der Waals surface area contributed by atoms with Crippen LogP contribution >= 0.6 is 0 Å². The van der Waals surface area contributed by atoms with Gasteiger partial charge in [0.1, 0.15) is 11.4 Å². The lowest BCUT2D eigenvalue weighted by molar-refractivity contribution is 0.101. The maximum absolute atomic E-state index is 13.9. The number of hydrogen-bond donors (Lipinski definition) is 1. The van der Waals surface area contributed by atoms with Crippen molar-refractivity contribution < 1.29 is 31.1 Å². The molecule has 0 fully saturated rings. The molecule has 3 aromatic carbocycles. The Balaban J connectivity index is 1.64. The van der Waals surface area contributed by atoms with E-state index in [0.717, 1.165) is 0 Å². The molecule has 9 heteroatoms. The molecule has 1 amide bonds. The first-order chi connectivity index (χ1) is 15.8. The van der Waals surface area contributed by atoms with E-state index in [1.54, 1.807) is 36.4 Å². The molecular weight excluding hydrogens is 446 g/mol. The summed E-state index contributed by atoms with van der Waals surface area (Å²) in [4.78, 5) is 16.8. The second-order valence-corrected chi connectivity index (χ2v) is 6.89. The molecule has 0 aliphatic heterocycles. The van der Waals surface area contributed by atoms with Crippen LogP contribution in [0.4, 0.5) is 32.0 Å². The maximum atomic E-state index is 13.9. The van der Waals surface area contributed by atoms with Crippen LogP contribution in [0.25, 0.3) is 22.5 Å². The average Bonchev–Trinajstić information content (AvgIpc) is 2.82. The molecule has 0 bridgehead atoms. The van der Waals surface area contributed by atoms with Gasteiger partial charge in [0.25, 0.3) is 5.91 Å². The topological polar surface area (TPSA) is 42.0 Å². The first kappa shape index (κ1) is 22.1. The van der Waals surface area contributed by atoms with E-state index < -0.39 is 46.4 Å². The van der Waals surface area contributed by atoms with Gasteiger partial charge in [-0.15, -0.1) is 0 Å². The summed E-state index contributed by atoms with van der Waals surface area (Å²) in [5.41, 5.74) is 0.611. The maximum Gasteiger partial charge on any atom is 0.261 e. The van der Waals surface area contributed by atoms with Gasteiger partial charge in [-0.25, -0.2) is 31.3 Å². The normalized spacial score (nSPS) is 10.8. The fourth-order valence-corrected chi connectivity index (χ4v) is 3.13. The standard InChI is InChI=1S/C24H12F6N2O/c25-14-9-7-12(8-10-14)16-5-2-6-17(32-16)13-3-1-4-15(11-13)31-24(33)18-19(26)21(28)23(30)22(29)20(18)27/h1-11H,(H,31,33). The Morgan fingerprint density at radius 2 is 1.18 bits per heavy atom. The number of carbonyl (C=O) groups excluding carboxylic acids is 1. The summed E-state index contributed by atoms with van der Waals surface area (Å²) >= 11 is 0. The third-order valence-corrected chi connectivity index (χ3v) is 4.74. The number of nitrogens with one attached hydrogen (secondary N) is 1. The Labute approximate surface area is 183 Å². The van der Waals surface area contributed by atoms with Crippen molar-refractivity contribution in [2.75, 3.05) is 5.32 Å². The molecule has 1 aromatic heterocycles. The number of nitrogens with zero attached hydrogens (tertiary/aromatic N) is 1. The molecule has 0 radical (unpaired) electrons. The van der Waals surface area contributed by atoms with Gasteiger partial charge in [-0.05, 0) is 48.5 Å². The van der Waals surface area contributed by atoms with Crippen molar-refractivity contribution in [3.63, 3.8) is 0 Å². The van der Waals surface area contributed by atoms with E-state index in [0.29, 0.717) is 22.5 Å². The predicted octanol–water partition coefficient (Wildman–Crippen LogP) is 6.50. The zero-order valence-corrected chi connectivity index (χ0v) is 16.5. The van der Waals surface area contributed by atoms with Crippen molar-refractivity contribution in [1.29, 1.82) is 0 Å². The molecule has 1 heterocycles. The number of benzene rings is 3. The number of anilines is 1. The number of hydrogen-bond acceptors (Lipinski definition) is 2. The average molecular weight is 458 g/mol. The van der Waals surface area contributed by atoms with Gasteiger partial charge in [-0.1, -0.05) is 18.2 Å². The number of pyridine rings is 1. The second-order valence-electron chi connectivity index (χ2n) is 6.89. The summed E-state index contributed by atoms with van der Waals surface area (Å²) < 4.78 is 81.1. The number of amides is 1. The summed E-state index contributed by atoms with van der Waals surface area (Å²) in [5.74, 6) is -13.1. The van der Waals surface area contributed by atoms with Crippen LogP contribution in [0, 0.1) is 34.9 Å². The van der Waals surface area contributed by atoms with Crippen LogP contribution in [-0.4, -0.2) is 10.9 Å². The fourth-order valence-electron chi connectivity index (χ4n) is 3.13. The molecule has 0 saturated carbocycles. The van der Waals surface area contributed by atoms with Gasteiger partial charge in [-0.2, -0.15) is 0 Å². The van der Waals surface area contributed by atoms with Gasteiger partial charge in [-0.3, -0.25) is 4.79 Å². The highest BCUT2D eigenvalue weighted by molar-refractivity contribution is 6.05. The molecule has 0 atom stereocenters. The van der Waals surface area contributed by atoms with E-state index in [1.807, 2.05) is 0 Å². The quantitative estimate of drug-likeness (QED) is 0.215. The minimum atomic E-state index is -2.35. The second kappa shape index (κ2) is 8.78. The zero-order chi connectivity index (χ0) is 23.7. The minimum absolute atomic E-state index is 0.0374. The van der Waals surface area contributed by atoms with E-state index in [2.05, 4.69) is 10.3 Å². The predicted molar refractivity (Wildman–Crippen MR) is 109 cm³/mol. The molecule has 3 nitrogen and oxygen atoms in total. The van der Waals surface area contributed by atoms with Crippen molar-refractivity contribution >= 4 is 11.6 Å². The molecule has 4 rings (SSSR count). The molecule has 4 aromatic rings. The van der Waals surface area contributed by atoms with Gasteiger partial charge < -0.3 is 5.32 Å². The summed E-state index contributed by atoms with van der Waals surface area (Å²) in [6, 6.07) is 16.7. The molecule has 166 valence electrons. The lowest BCUT2D eigenvalue weighted by Gasteiger charge is -2.11. The molecule has 0 aliphatic rings. The molecule has 1 N–H and O–H groups in total. The first-order valence-corrected chi connectivity index (χ1v) is 9.42. The summed E-state index contributed by atoms with van der Waals surface area (Å²) in [6.45, 7) is 0. The number of halogens is 6. The molecule has 0 unspecified atom stereocenters. The first-order valence-electron chi connectivity index (χ1n) is 9.42. The van der Waals surface area contributed by atoms with Crippen molar-refractivity contribution in [2.24, 2.45) is 0 Å². The highest BCUT2D eigenvalue weighted by Gasteiger charge is 2.29. The Hall–Kier alpha value is -4.14. The highest BCUT2D eigenvalue weighted by Crippen LogP contribution is 2.27. The third-order valence-electron chi connectivity index (χ3n) is 4.74. The van der Waals surface area contributed by atoms with Crippen molar-refractivity contribution in [1.82, 2.24) is 4.98 Å². The van der Waals surface area contributed by atoms with Gasteiger partial charge in [0.15, 0.2) is 23.3 Å². The monoisotopic (exact) mass is 458 g/mol. The Kier molecular flexibility index (Phi) is 5.87. The van der Waals surface area contributed by atoms with E-state index >= 15 is 0 Å². The number of carbonyl (C=O) groups is 1. The zero-order valence-electron chi connectivity index (χ0n) is 16.5. The van der Waals surface area contributed by atoms with E-state index in [-0.39, 0.29) is 5.69 Å². The van der Waals surface area contributed by atoms with Gasteiger partial charge >= 0.3 is 0 Å². The molecule has 0 spiro atoms. The van der Waals surface area contributed by atoms with Crippen LogP contribution in [0.1, 0.15) is 10.4 Å². The Morgan fingerprint density at radius 1 is 0.636 bits per heavy atom. The molecule has 0 saturated heterocycles. The fraction of sp³-hybridized carbons (Fsp3) is 0. The van der Waals surface area contributed by atoms with Crippen LogP contribution in [0.15, 0.2) is 66.7 Å². The van der Waals surface area contributed by atoms with Crippen LogP contribution in [0.3, 0.4) is 0 Å². The molecule has 33 heavy (non-hydrogen) atoms. The van der Waals surface area contributed by atoms with Crippen molar-refractivity contribution in [2.45, 2.75) is 0 Å². The Bertz CT molecular complexity index is 1340. The third kappa shape index (κ3) is 4.30. The van der Waals surface area contributed by atoms with Crippen molar-refractivity contribution in [3.8, 4) is 22.5 Å². The van der Waals surface area contributed by atoms with Gasteiger partial charge in [0.2, 0.25) is 5.82 Å². The van der Waals surface area contributed by atoms with E-state index in [9.17, 15) is 31.1 Å². The molecular formula is C24H12F6N2O. The lowest BCUT2D eigenvalue weighted by Crippen LogP contribution is -2.19. The van der Waals surface area contributed by atoms with Crippen molar-refractivity contribution in [3.05, 3.63) is 107 Å². The smallest absolute Gasteiger partial charge is 0.261 e.